The molecule has 0 aliphatic carbocycles. The zero-order chi connectivity index (χ0) is 10.6. The monoisotopic (exact) mass is 218 g/mol. The molecule has 0 saturated heterocycles. The first-order valence-corrected chi connectivity index (χ1v) is 4.67. The van der Waals surface area contributed by atoms with Crippen LogP contribution in [0.5, 0.6) is 5.75 Å². The summed E-state index contributed by atoms with van der Waals surface area (Å²) in [6, 6.07) is 4.86. The first-order valence-electron chi connectivity index (χ1n) is 4.29. The topological polar surface area (TPSA) is 29.5 Å². The van der Waals surface area contributed by atoms with Crippen LogP contribution in [0.2, 0.25) is 5.02 Å². The second-order valence-electron chi connectivity index (χ2n) is 3.00. The zero-order valence-corrected chi connectivity index (χ0v) is 8.59. The predicted molar refractivity (Wildman–Crippen MR) is 53.4 cm³/mol. The highest BCUT2D eigenvalue weighted by Gasteiger charge is 2.05. The van der Waals surface area contributed by atoms with Crippen molar-refractivity contribution in [2.24, 2.45) is 0 Å². The zero-order valence-electron chi connectivity index (χ0n) is 7.84. The molecule has 1 aromatic carbocycles. The van der Waals surface area contributed by atoms with Crippen LogP contribution in [0.15, 0.2) is 18.2 Å². The summed E-state index contributed by atoms with van der Waals surface area (Å²) >= 11 is 5.72. The van der Waals surface area contributed by atoms with Gasteiger partial charge in [-0.3, -0.25) is 0 Å². The minimum absolute atomic E-state index is 0.0192. The Hall–Kier alpha value is -0.800. The minimum Gasteiger partial charge on any atom is -0.490 e. The number of hydrogen-bond donors (Lipinski definition) is 1. The smallest absolute Gasteiger partial charge is 0.131 e. The van der Waals surface area contributed by atoms with E-state index in [-0.39, 0.29) is 13.2 Å². The lowest BCUT2D eigenvalue weighted by molar-refractivity contribution is 0.202. The fourth-order valence-electron chi connectivity index (χ4n) is 1.02. The molecule has 0 aromatic heterocycles. The third-order valence-corrected chi connectivity index (χ3v) is 1.90. The molecular formula is C10H12ClFO2. The molecule has 0 aliphatic rings. The van der Waals surface area contributed by atoms with E-state index >= 15 is 0 Å². The van der Waals surface area contributed by atoms with Crippen LogP contribution in [0.3, 0.4) is 0 Å². The fraction of sp³-hybridized carbons (Fsp3) is 0.400. The molecule has 1 rings (SSSR count). The third kappa shape index (κ3) is 3.16. The molecule has 1 N–H and O–H groups in total. The summed E-state index contributed by atoms with van der Waals surface area (Å²) in [6.45, 7) is 1.22. The highest BCUT2D eigenvalue weighted by Crippen LogP contribution is 2.23. The Bertz CT molecular complexity index is 302. The number of benzene rings is 1. The van der Waals surface area contributed by atoms with E-state index in [0.29, 0.717) is 16.3 Å². The standard InChI is InChI=1S/C10H12ClFO2/c1-7(12)6-14-10-3-2-9(11)4-8(10)5-13/h2-4,7,13H,5-6H2,1H3. The lowest BCUT2D eigenvalue weighted by atomic mass is 10.2. The molecule has 0 radical (unpaired) electrons. The Kier molecular flexibility index (Phi) is 4.17. The summed E-state index contributed by atoms with van der Waals surface area (Å²) < 4.78 is 17.6. The van der Waals surface area contributed by atoms with E-state index in [0.717, 1.165) is 0 Å². The highest BCUT2D eigenvalue weighted by molar-refractivity contribution is 6.30. The maximum absolute atomic E-state index is 12.5. The Morgan fingerprint density at radius 3 is 2.86 bits per heavy atom. The van der Waals surface area contributed by atoms with Crippen molar-refractivity contribution in [3.05, 3.63) is 28.8 Å². The van der Waals surface area contributed by atoms with E-state index in [1.54, 1.807) is 18.2 Å². The second-order valence-corrected chi connectivity index (χ2v) is 3.44. The number of rotatable bonds is 4. The van der Waals surface area contributed by atoms with Crippen LogP contribution in [-0.4, -0.2) is 17.9 Å². The normalized spacial score (nSPS) is 12.6. The molecule has 0 heterocycles. The van der Waals surface area contributed by atoms with E-state index in [2.05, 4.69) is 0 Å². The quantitative estimate of drug-likeness (QED) is 0.842. The molecule has 0 amide bonds. The van der Waals surface area contributed by atoms with Crippen molar-refractivity contribution in [2.75, 3.05) is 6.61 Å². The van der Waals surface area contributed by atoms with Crippen molar-refractivity contribution < 1.29 is 14.2 Å². The molecule has 0 bridgehead atoms. The van der Waals surface area contributed by atoms with Gasteiger partial charge in [0.2, 0.25) is 0 Å². The van der Waals surface area contributed by atoms with Gasteiger partial charge in [0, 0.05) is 10.6 Å². The summed E-state index contributed by atoms with van der Waals surface area (Å²) in [6.07, 6.45) is -1.03. The van der Waals surface area contributed by atoms with E-state index in [9.17, 15) is 4.39 Å². The minimum atomic E-state index is -1.03. The average Bonchev–Trinajstić information content (AvgIpc) is 2.15. The average molecular weight is 219 g/mol. The lowest BCUT2D eigenvalue weighted by Gasteiger charge is -2.10. The molecule has 0 spiro atoms. The molecule has 4 heteroatoms. The molecule has 1 aromatic rings. The van der Waals surface area contributed by atoms with Crippen molar-refractivity contribution >= 4 is 11.6 Å². The Balaban J connectivity index is 2.75. The number of aliphatic hydroxyl groups is 1. The fourth-order valence-corrected chi connectivity index (χ4v) is 1.21. The van der Waals surface area contributed by atoms with Gasteiger partial charge < -0.3 is 9.84 Å². The van der Waals surface area contributed by atoms with Crippen molar-refractivity contribution in [3.8, 4) is 5.75 Å². The number of hydrogen-bond acceptors (Lipinski definition) is 2. The maximum Gasteiger partial charge on any atom is 0.131 e. The number of alkyl halides is 1. The molecule has 0 fully saturated rings. The first-order chi connectivity index (χ1) is 6.63. The number of halogens is 2. The Labute approximate surface area is 87.3 Å². The molecule has 0 aliphatic heterocycles. The van der Waals surface area contributed by atoms with Crippen LogP contribution < -0.4 is 4.74 Å². The van der Waals surface area contributed by atoms with Gasteiger partial charge in [-0.1, -0.05) is 11.6 Å². The van der Waals surface area contributed by atoms with Crippen molar-refractivity contribution in [2.45, 2.75) is 19.7 Å². The van der Waals surface area contributed by atoms with Crippen LogP contribution in [-0.2, 0) is 6.61 Å². The van der Waals surface area contributed by atoms with Gasteiger partial charge in [0.05, 0.1) is 6.61 Å². The summed E-state index contributed by atoms with van der Waals surface area (Å²) in [5.74, 6) is 0.474. The summed E-state index contributed by atoms with van der Waals surface area (Å²) in [5, 5.41) is 9.50. The molecular weight excluding hydrogens is 207 g/mol. The molecule has 0 saturated carbocycles. The van der Waals surface area contributed by atoms with Crippen LogP contribution in [0.25, 0.3) is 0 Å². The van der Waals surface area contributed by atoms with E-state index in [1.807, 2.05) is 0 Å². The van der Waals surface area contributed by atoms with E-state index in [1.165, 1.54) is 6.92 Å². The lowest BCUT2D eigenvalue weighted by Crippen LogP contribution is -2.09. The first kappa shape index (κ1) is 11.3. The largest absolute Gasteiger partial charge is 0.490 e. The molecule has 78 valence electrons. The van der Waals surface area contributed by atoms with Gasteiger partial charge in [-0.2, -0.15) is 0 Å². The van der Waals surface area contributed by atoms with Gasteiger partial charge in [-0.05, 0) is 25.1 Å². The Morgan fingerprint density at radius 2 is 2.29 bits per heavy atom. The maximum atomic E-state index is 12.5. The number of aliphatic hydroxyl groups excluding tert-OH is 1. The third-order valence-electron chi connectivity index (χ3n) is 1.66. The SMILES string of the molecule is CC(F)COc1ccc(Cl)cc1CO. The van der Waals surface area contributed by atoms with Gasteiger partial charge in [-0.15, -0.1) is 0 Å². The molecule has 1 unspecified atom stereocenters. The van der Waals surface area contributed by atoms with Gasteiger partial charge in [0.1, 0.15) is 18.5 Å². The summed E-state index contributed by atoms with van der Waals surface area (Å²) in [4.78, 5) is 0. The van der Waals surface area contributed by atoms with Crippen LogP contribution in [0.4, 0.5) is 4.39 Å². The second kappa shape index (κ2) is 5.17. The van der Waals surface area contributed by atoms with Crippen LogP contribution in [0.1, 0.15) is 12.5 Å². The van der Waals surface area contributed by atoms with E-state index in [4.69, 9.17) is 21.4 Å². The van der Waals surface area contributed by atoms with Crippen LogP contribution in [0, 0.1) is 0 Å². The van der Waals surface area contributed by atoms with Crippen molar-refractivity contribution in [1.29, 1.82) is 0 Å². The highest BCUT2D eigenvalue weighted by atomic mass is 35.5. The number of ether oxygens (including phenoxy) is 1. The Morgan fingerprint density at radius 1 is 1.57 bits per heavy atom. The molecule has 2 nitrogen and oxygen atoms in total. The van der Waals surface area contributed by atoms with Crippen molar-refractivity contribution in [1.82, 2.24) is 0 Å². The summed E-state index contributed by atoms with van der Waals surface area (Å²) in [5.41, 5.74) is 0.568. The van der Waals surface area contributed by atoms with Gasteiger partial charge in [0.15, 0.2) is 0 Å². The predicted octanol–water partition coefficient (Wildman–Crippen LogP) is 2.57. The van der Waals surface area contributed by atoms with E-state index < -0.39 is 6.17 Å². The van der Waals surface area contributed by atoms with Gasteiger partial charge in [-0.25, -0.2) is 4.39 Å². The van der Waals surface area contributed by atoms with Gasteiger partial charge in [0.25, 0.3) is 0 Å². The summed E-state index contributed by atoms with van der Waals surface area (Å²) in [7, 11) is 0. The van der Waals surface area contributed by atoms with Crippen molar-refractivity contribution in [3.63, 3.8) is 0 Å². The molecule has 14 heavy (non-hydrogen) atoms. The van der Waals surface area contributed by atoms with Crippen LogP contribution >= 0.6 is 11.6 Å². The molecule has 1 atom stereocenters. The van der Waals surface area contributed by atoms with Gasteiger partial charge >= 0.3 is 0 Å².